The summed E-state index contributed by atoms with van der Waals surface area (Å²) in [4.78, 5) is 2.90. The quantitative estimate of drug-likeness (QED) is 0.729. The van der Waals surface area contributed by atoms with Crippen LogP contribution in [0, 0.1) is 11.3 Å². The van der Waals surface area contributed by atoms with Crippen molar-refractivity contribution in [3.63, 3.8) is 0 Å². The van der Waals surface area contributed by atoms with E-state index in [-0.39, 0.29) is 0 Å². The molecule has 5 rings (SSSR count). The van der Waals surface area contributed by atoms with Crippen LogP contribution in [0.15, 0.2) is 11.6 Å². The monoisotopic (exact) mass is 315 g/mol. The van der Waals surface area contributed by atoms with Gasteiger partial charge < -0.3 is 10.6 Å². The van der Waals surface area contributed by atoms with Gasteiger partial charge in [-0.1, -0.05) is 24.5 Å². The van der Waals surface area contributed by atoms with E-state index in [0.29, 0.717) is 11.5 Å². The minimum Gasteiger partial charge on any atom is -0.313 e. The Morgan fingerprint density at radius 2 is 1.91 bits per heavy atom. The van der Waals surface area contributed by atoms with Gasteiger partial charge in [0.1, 0.15) is 0 Å². The minimum atomic E-state index is 0.462. The van der Waals surface area contributed by atoms with Gasteiger partial charge in [-0.15, -0.1) is 0 Å². The second-order valence-electron chi connectivity index (χ2n) is 8.87. The summed E-state index contributed by atoms with van der Waals surface area (Å²) in [6.07, 6.45) is 15.4. The molecule has 128 valence electrons. The molecule has 0 radical (unpaired) electrons. The molecule has 4 heterocycles. The first kappa shape index (κ1) is 14.9. The fourth-order valence-electron chi connectivity index (χ4n) is 6.73. The molecule has 23 heavy (non-hydrogen) atoms. The van der Waals surface area contributed by atoms with E-state index >= 15 is 0 Å². The lowest BCUT2D eigenvalue weighted by molar-refractivity contribution is -0.0562. The molecule has 5 atom stereocenters. The van der Waals surface area contributed by atoms with Crippen LogP contribution in [-0.2, 0) is 0 Å². The normalized spacial score (nSPS) is 47.4. The fraction of sp³-hybridized carbons (Fsp3) is 0.900. The lowest BCUT2D eigenvalue weighted by atomic mass is 9.56. The molecular weight excluding hydrogens is 282 g/mol. The molecule has 1 aliphatic carbocycles. The maximum Gasteiger partial charge on any atom is 0.0363 e. The Hall–Kier alpha value is -0.380. The second kappa shape index (κ2) is 5.86. The van der Waals surface area contributed by atoms with Gasteiger partial charge in [0.15, 0.2) is 0 Å². The van der Waals surface area contributed by atoms with Gasteiger partial charge in [-0.3, -0.25) is 4.90 Å². The molecule has 3 heteroatoms. The third-order valence-electron chi connectivity index (χ3n) is 7.64. The van der Waals surface area contributed by atoms with Crippen LogP contribution >= 0.6 is 0 Å². The Kier molecular flexibility index (Phi) is 3.80. The van der Waals surface area contributed by atoms with Crippen LogP contribution < -0.4 is 10.6 Å². The molecule has 5 aliphatic rings. The molecule has 0 amide bonds. The molecular formula is C20H33N3. The van der Waals surface area contributed by atoms with Crippen molar-refractivity contribution in [2.24, 2.45) is 11.3 Å². The Labute approximate surface area is 141 Å². The highest BCUT2D eigenvalue weighted by Crippen LogP contribution is 2.52. The molecule has 0 aromatic heterocycles. The first-order valence-corrected chi connectivity index (χ1v) is 10.3. The maximum atomic E-state index is 3.98. The van der Waals surface area contributed by atoms with Crippen molar-refractivity contribution in [3.8, 4) is 0 Å². The summed E-state index contributed by atoms with van der Waals surface area (Å²) in [5, 5.41) is 7.94. The van der Waals surface area contributed by atoms with Crippen LogP contribution in [0.2, 0.25) is 0 Å². The SMILES string of the molecule is C1=C2CCCN[C@@H]2[C@@]2([C@@H]3CCCCN3)C[C@H]1[C@@H]1CCCCN1C2. The third kappa shape index (κ3) is 2.34. The van der Waals surface area contributed by atoms with E-state index in [9.17, 15) is 0 Å². The molecule has 0 aromatic carbocycles. The molecule has 0 aromatic rings. The summed E-state index contributed by atoms with van der Waals surface area (Å²) in [6, 6.07) is 2.25. The second-order valence-corrected chi connectivity index (χ2v) is 8.87. The fourth-order valence-corrected chi connectivity index (χ4v) is 6.73. The zero-order valence-electron chi connectivity index (χ0n) is 14.5. The predicted molar refractivity (Wildman–Crippen MR) is 94.5 cm³/mol. The van der Waals surface area contributed by atoms with Crippen molar-refractivity contribution in [3.05, 3.63) is 11.6 Å². The minimum absolute atomic E-state index is 0.462. The van der Waals surface area contributed by atoms with E-state index in [2.05, 4.69) is 21.6 Å². The molecule has 0 spiro atoms. The highest BCUT2D eigenvalue weighted by molar-refractivity contribution is 5.29. The molecule has 4 fully saturated rings. The Morgan fingerprint density at radius 3 is 2.83 bits per heavy atom. The highest BCUT2D eigenvalue weighted by atomic mass is 15.2. The molecule has 0 unspecified atom stereocenters. The van der Waals surface area contributed by atoms with Gasteiger partial charge in [0.2, 0.25) is 0 Å². The summed E-state index contributed by atoms with van der Waals surface area (Å²) in [6.45, 7) is 5.17. The van der Waals surface area contributed by atoms with Crippen LogP contribution in [0.3, 0.4) is 0 Å². The van der Waals surface area contributed by atoms with Gasteiger partial charge in [0.05, 0.1) is 0 Å². The Bertz CT molecular complexity index is 481. The van der Waals surface area contributed by atoms with Crippen molar-refractivity contribution in [1.29, 1.82) is 0 Å². The van der Waals surface area contributed by atoms with Gasteiger partial charge in [-0.25, -0.2) is 0 Å². The maximum absolute atomic E-state index is 3.98. The first-order valence-electron chi connectivity index (χ1n) is 10.3. The van der Waals surface area contributed by atoms with E-state index in [1.807, 2.05) is 0 Å². The number of nitrogens with zero attached hydrogens (tertiary/aromatic N) is 1. The average molecular weight is 316 g/mol. The molecule has 2 N–H and O–H groups in total. The Balaban J connectivity index is 1.54. The zero-order valence-corrected chi connectivity index (χ0v) is 14.5. The van der Waals surface area contributed by atoms with Crippen molar-refractivity contribution in [2.75, 3.05) is 26.2 Å². The lowest BCUT2D eigenvalue weighted by Crippen LogP contribution is -2.70. The average Bonchev–Trinajstić information content (AvgIpc) is 2.63. The van der Waals surface area contributed by atoms with Gasteiger partial charge in [-0.2, -0.15) is 0 Å². The van der Waals surface area contributed by atoms with E-state index < -0.39 is 0 Å². The molecule has 2 bridgehead atoms. The van der Waals surface area contributed by atoms with Crippen LogP contribution in [0.5, 0.6) is 0 Å². The van der Waals surface area contributed by atoms with Crippen molar-refractivity contribution in [1.82, 2.24) is 15.5 Å². The van der Waals surface area contributed by atoms with Crippen molar-refractivity contribution in [2.45, 2.75) is 75.9 Å². The largest absolute Gasteiger partial charge is 0.313 e. The summed E-state index contributed by atoms with van der Waals surface area (Å²) in [7, 11) is 0. The number of piperidine rings is 4. The van der Waals surface area contributed by atoms with Crippen LogP contribution in [0.1, 0.15) is 57.8 Å². The summed E-state index contributed by atoms with van der Waals surface area (Å²) >= 11 is 0. The summed E-state index contributed by atoms with van der Waals surface area (Å²) < 4.78 is 0. The molecule has 4 saturated heterocycles. The lowest BCUT2D eigenvalue weighted by Gasteiger charge is -2.62. The zero-order chi connectivity index (χ0) is 15.3. The predicted octanol–water partition coefficient (Wildman–Crippen LogP) is 2.68. The third-order valence-corrected chi connectivity index (χ3v) is 7.64. The van der Waals surface area contributed by atoms with E-state index in [0.717, 1.165) is 18.0 Å². The Morgan fingerprint density at radius 1 is 1.00 bits per heavy atom. The number of hydrogen-bond acceptors (Lipinski definition) is 3. The number of nitrogens with one attached hydrogen (secondary N) is 2. The van der Waals surface area contributed by atoms with Crippen molar-refractivity contribution < 1.29 is 0 Å². The van der Waals surface area contributed by atoms with E-state index in [1.165, 1.54) is 84.0 Å². The van der Waals surface area contributed by atoms with Gasteiger partial charge in [0, 0.05) is 30.1 Å². The molecule has 4 aliphatic heterocycles. The first-order chi connectivity index (χ1) is 11.4. The van der Waals surface area contributed by atoms with Crippen LogP contribution in [0.4, 0.5) is 0 Å². The standard InChI is InChI=1S/C20H33N3/c1-3-9-21-18(8-1)20-13-16(12-15-6-5-10-22-19(15)20)17-7-2-4-11-23(17)14-20/h12,16-19,21-22H,1-11,13-14H2/t16-,17-,18-,19-,20-/m0/s1. The smallest absolute Gasteiger partial charge is 0.0363 e. The molecule has 3 nitrogen and oxygen atoms in total. The number of rotatable bonds is 1. The van der Waals surface area contributed by atoms with E-state index in [1.54, 1.807) is 5.57 Å². The number of fused-ring (bicyclic) bond motifs is 6. The van der Waals surface area contributed by atoms with Crippen LogP contribution in [-0.4, -0.2) is 49.2 Å². The van der Waals surface area contributed by atoms with Gasteiger partial charge in [0.25, 0.3) is 0 Å². The van der Waals surface area contributed by atoms with Crippen LogP contribution in [0.25, 0.3) is 0 Å². The number of hydrogen-bond donors (Lipinski definition) is 2. The summed E-state index contributed by atoms with van der Waals surface area (Å²) in [5.74, 6) is 0.832. The van der Waals surface area contributed by atoms with Crippen molar-refractivity contribution >= 4 is 0 Å². The van der Waals surface area contributed by atoms with E-state index in [4.69, 9.17) is 0 Å². The van der Waals surface area contributed by atoms with Gasteiger partial charge >= 0.3 is 0 Å². The molecule has 0 saturated carbocycles. The van der Waals surface area contributed by atoms with Gasteiger partial charge in [-0.05, 0) is 70.5 Å². The summed E-state index contributed by atoms with van der Waals surface area (Å²) in [5.41, 5.74) is 2.24. The topological polar surface area (TPSA) is 27.3 Å². The highest BCUT2D eigenvalue weighted by Gasteiger charge is 2.56.